The summed E-state index contributed by atoms with van der Waals surface area (Å²) >= 11 is 0. The zero-order valence-corrected chi connectivity index (χ0v) is 12.9. The van der Waals surface area contributed by atoms with Crippen LogP contribution in [0, 0.1) is 5.92 Å². The molecule has 0 aliphatic rings. The zero-order valence-electron chi connectivity index (χ0n) is 12.9. The van der Waals surface area contributed by atoms with Crippen LogP contribution in [-0.4, -0.2) is 50.7 Å². The van der Waals surface area contributed by atoms with Gasteiger partial charge in [0.2, 0.25) is 0 Å². The van der Waals surface area contributed by atoms with Gasteiger partial charge in [-0.2, -0.15) is 0 Å². The van der Waals surface area contributed by atoms with Crippen molar-refractivity contribution in [2.75, 3.05) is 32.9 Å². The lowest BCUT2D eigenvalue weighted by Crippen LogP contribution is -2.42. The van der Waals surface area contributed by atoms with Crippen LogP contribution in [0.2, 0.25) is 0 Å². The SMILES string of the molecule is C=C(C)C(=O)OCCOCCNC(=O)C(=O)NCC(C)C. The lowest BCUT2D eigenvalue weighted by atomic mass is 10.2. The number of ether oxygens (including phenoxy) is 2. The Hall–Kier alpha value is -1.89. The van der Waals surface area contributed by atoms with E-state index in [-0.39, 0.29) is 32.3 Å². The highest BCUT2D eigenvalue weighted by Gasteiger charge is 2.12. The van der Waals surface area contributed by atoms with Gasteiger partial charge in [-0.3, -0.25) is 9.59 Å². The highest BCUT2D eigenvalue weighted by atomic mass is 16.6. The molecule has 2 N–H and O–H groups in total. The molecule has 7 nitrogen and oxygen atoms in total. The fourth-order valence-corrected chi connectivity index (χ4v) is 1.11. The Labute approximate surface area is 125 Å². The first-order chi connectivity index (χ1) is 9.84. The molecular weight excluding hydrogens is 276 g/mol. The topological polar surface area (TPSA) is 93.7 Å². The van der Waals surface area contributed by atoms with Crippen molar-refractivity contribution in [1.82, 2.24) is 10.6 Å². The molecule has 2 amide bonds. The Morgan fingerprint density at radius 2 is 1.67 bits per heavy atom. The quantitative estimate of drug-likeness (QED) is 0.271. The molecule has 0 unspecified atom stereocenters. The van der Waals surface area contributed by atoms with Gasteiger partial charge in [0.15, 0.2) is 0 Å². The lowest BCUT2D eigenvalue weighted by Gasteiger charge is -2.09. The molecule has 21 heavy (non-hydrogen) atoms. The number of carbonyl (C=O) groups excluding carboxylic acids is 3. The van der Waals surface area contributed by atoms with Gasteiger partial charge in [-0.1, -0.05) is 20.4 Å². The van der Waals surface area contributed by atoms with Crippen molar-refractivity contribution < 1.29 is 23.9 Å². The zero-order chi connectivity index (χ0) is 16.3. The molecule has 0 aliphatic carbocycles. The summed E-state index contributed by atoms with van der Waals surface area (Å²) in [7, 11) is 0. The summed E-state index contributed by atoms with van der Waals surface area (Å²) in [6, 6.07) is 0. The number of hydrogen-bond donors (Lipinski definition) is 2. The molecule has 120 valence electrons. The largest absolute Gasteiger partial charge is 0.460 e. The summed E-state index contributed by atoms with van der Waals surface area (Å²) in [5.41, 5.74) is 0.328. The molecule has 0 rings (SSSR count). The van der Waals surface area contributed by atoms with E-state index in [1.807, 2.05) is 13.8 Å². The van der Waals surface area contributed by atoms with Gasteiger partial charge in [-0.05, 0) is 12.8 Å². The van der Waals surface area contributed by atoms with Gasteiger partial charge in [0, 0.05) is 18.7 Å². The second-order valence-corrected chi connectivity index (χ2v) is 4.89. The number of carbonyl (C=O) groups is 3. The number of hydrogen-bond acceptors (Lipinski definition) is 5. The molecular formula is C14H24N2O5. The summed E-state index contributed by atoms with van der Waals surface area (Å²) < 4.78 is 9.95. The number of amides is 2. The molecule has 0 aliphatic heterocycles. The monoisotopic (exact) mass is 300 g/mol. The maximum atomic E-state index is 11.4. The Balaban J connectivity index is 3.54. The molecule has 0 bridgehead atoms. The Morgan fingerprint density at radius 3 is 2.24 bits per heavy atom. The van der Waals surface area contributed by atoms with Gasteiger partial charge >= 0.3 is 17.8 Å². The first-order valence-corrected chi connectivity index (χ1v) is 6.81. The molecule has 0 fully saturated rings. The van der Waals surface area contributed by atoms with E-state index in [9.17, 15) is 14.4 Å². The van der Waals surface area contributed by atoms with Crippen LogP contribution in [0.3, 0.4) is 0 Å². The Bertz CT molecular complexity index is 380. The number of esters is 1. The average molecular weight is 300 g/mol. The average Bonchev–Trinajstić information content (AvgIpc) is 2.42. The van der Waals surface area contributed by atoms with Crippen LogP contribution in [0.4, 0.5) is 0 Å². The van der Waals surface area contributed by atoms with Gasteiger partial charge in [-0.25, -0.2) is 4.79 Å². The molecule has 0 saturated heterocycles. The number of nitrogens with one attached hydrogen (secondary N) is 2. The minimum absolute atomic E-state index is 0.120. The predicted molar refractivity (Wildman–Crippen MR) is 77.4 cm³/mol. The van der Waals surface area contributed by atoms with E-state index in [0.29, 0.717) is 12.1 Å². The highest BCUT2D eigenvalue weighted by molar-refractivity contribution is 6.35. The van der Waals surface area contributed by atoms with Crippen LogP contribution >= 0.6 is 0 Å². The molecule has 7 heteroatoms. The third-order valence-electron chi connectivity index (χ3n) is 2.22. The van der Waals surface area contributed by atoms with Crippen LogP contribution in [0.25, 0.3) is 0 Å². The van der Waals surface area contributed by atoms with E-state index in [1.165, 1.54) is 0 Å². The van der Waals surface area contributed by atoms with Gasteiger partial charge in [0.1, 0.15) is 6.61 Å². The van der Waals surface area contributed by atoms with E-state index < -0.39 is 17.8 Å². The third kappa shape index (κ3) is 10.5. The van der Waals surface area contributed by atoms with Crippen molar-refractivity contribution in [1.29, 1.82) is 0 Å². The molecule has 0 aromatic carbocycles. The standard InChI is InChI=1S/C14H24N2O5/c1-10(2)9-16-13(18)12(17)15-5-6-20-7-8-21-14(19)11(3)4/h10H,3,5-9H2,1-2,4H3,(H,15,17)(H,16,18). The highest BCUT2D eigenvalue weighted by Crippen LogP contribution is 1.91. The second-order valence-electron chi connectivity index (χ2n) is 4.89. The normalized spacial score (nSPS) is 10.1. The summed E-state index contributed by atoms with van der Waals surface area (Å²) in [6.45, 7) is 10.1. The molecule has 0 saturated carbocycles. The molecule has 0 radical (unpaired) electrons. The molecule has 0 spiro atoms. The molecule has 0 heterocycles. The van der Waals surface area contributed by atoms with Crippen molar-refractivity contribution in [3.8, 4) is 0 Å². The Kier molecular flexibility index (Phi) is 9.87. The maximum absolute atomic E-state index is 11.4. The summed E-state index contributed by atoms with van der Waals surface area (Å²) in [4.78, 5) is 33.7. The van der Waals surface area contributed by atoms with Gasteiger partial charge in [-0.15, -0.1) is 0 Å². The van der Waals surface area contributed by atoms with E-state index in [4.69, 9.17) is 9.47 Å². The van der Waals surface area contributed by atoms with Crippen LogP contribution in [0.1, 0.15) is 20.8 Å². The van der Waals surface area contributed by atoms with Crippen LogP contribution < -0.4 is 10.6 Å². The minimum atomic E-state index is -0.687. The summed E-state index contributed by atoms with van der Waals surface area (Å²) in [5.74, 6) is -1.52. The van der Waals surface area contributed by atoms with E-state index in [2.05, 4.69) is 17.2 Å². The summed E-state index contributed by atoms with van der Waals surface area (Å²) in [5, 5.41) is 4.93. The third-order valence-corrected chi connectivity index (χ3v) is 2.22. The minimum Gasteiger partial charge on any atom is -0.460 e. The van der Waals surface area contributed by atoms with Crippen molar-refractivity contribution in [2.24, 2.45) is 5.92 Å². The van der Waals surface area contributed by atoms with Crippen LogP contribution in [-0.2, 0) is 23.9 Å². The maximum Gasteiger partial charge on any atom is 0.333 e. The second kappa shape index (κ2) is 10.8. The van der Waals surface area contributed by atoms with Crippen molar-refractivity contribution in [3.05, 3.63) is 12.2 Å². The predicted octanol–water partition coefficient (Wildman–Crippen LogP) is 0.0107. The van der Waals surface area contributed by atoms with Crippen LogP contribution in [0.5, 0.6) is 0 Å². The lowest BCUT2D eigenvalue weighted by molar-refractivity contribution is -0.140. The number of rotatable bonds is 9. The van der Waals surface area contributed by atoms with Crippen molar-refractivity contribution >= 4 is 17.8 Å². The smallest absolute Gasteiger partial charge is 0.333 e. The molecule has 0 aromatic heterocycles. The van der Waals surface area contributed by atoms with Gasteiger partial charge in [0.05, 0.1) is 13.2 Å². The van der Waals surface area contributed by atoms with E-state index >= 15 is 0 Å². The molecule has 0 atom stereocenters. The van der Waals surface area contributed by atoms with Gasteiger partial charge < -0.3 is 20.1 Å². The first-order valence-electron chi connectivity index (χ1n) is 6.81. The van der Waals surface area contributed by atoms with E-state index in [1.54, 1.807) is 6.92 Å². The van der Waals surface area contributed by atoms with Crippen molar-refractivity contribution in [2.45, 2.75) is 20.8 Å². The fourth-order valence-electron chi connectivity index (χ4n) is 1.11. The first kappa shape index (κ1) is 19.1. The van der Waals surface area contributed by atoms with Gasteiger partial charge in [0.25, 0.3) is 0 Å². The fraction of sp³-hybridized carbons (Fsp3) is 0.643. The van der Waals surface area contributed by atoms with Crippen molar-refractivity contribution in [3.63, 3.8) is 0 Å². The van der Waals surface area contributed by atoms with E-state index in [0.717, 1.165) is 0 Å². The summed E-state index contributed by atoms with van der Waals surface area (Å²) in [6.07, 6.45) is 0. The van der Waals surface area contributed by atoms with Crippen LogP contribution in [0.15, 0.2) is 12.2 Å². The Morgan fingerprint density at radius 1 is 1.05 bits per heavy atom. The molecule has 0 aromatic rings.